The molecule has 0 aliphatic carbocycles. The van der Waals surface area contributed by atoms with Crippen molar-refractivity contribution in [3.63, 3.8) is 0 Å². The van der Waals surface area contributed by atoms with E-state index in [2.05, 4.69) is 5.32 Å². The minimum absolute atomic E-state index is 0.0313. The molecule has 0 radical (unpaired) electrons. The van der Waals surface area contributed by atoms with Gasteiger partial charge in [0.25, 0.3) is 5.91 Å². The zero-order valence-corrected chi connectivity index (χ0v) is 15.3. The Kier molecular flexibility index (Phi) is 7.33. The van der Waals surface area contributed by atoms with Crippen molar-refractivity contribution in [2.75, 3.05) is 18.4 Å². The number of rotatable bonds is 3. The van der Waals surface area contributed by atoms with Crippen LogP contribution < -0.4 is 5.32 Å². The number of halogens is 4. The van der Waals surface area contributed by atoms with Crippen molar-refractivity contribution in [2.45, 2.75) is 25.1 Å². The number of aliphatic carboxylic acids is 1. The lowest BCUT2D eigenvalue weighted by Gasteiger charge is -2.32. The van der Waals surface area contributed by atoms with Crippen LogP contribution in [0.4, 0.5) is 18.9 Å². The predicted octanol–water partition coefficient (Wildman–Crippen LogP) is 4.28. The summed E-state index contributed by atoms with van der Waals surface area (Å²) >= 11 is 6.15. The molecule has 2 aromatic rings. The molecule has 0 atom stereocenters. The summed E-state index contributed by atoms with van der Waals surface area (Å²) in [4.78, 5) is 22.9. The molecule has 0 saturated carbocycles. The summed E-state index contributed by atoms with van der Waals surface area (Å²) in [7, 11) is 0. The molecule has 10 heteroatoms. The monoisotopic (exact) mass is 418 g/mol. The van der Waals surface area contributed by atoms with Crippen molar-refractivity contribution < 1.29 is 32.3 Å². The highest BCUT2D eigenvalue weighted by molar-refractivity contribution is 6.33. The lowest BCUT2D eigenvalue weighted by Crippen LogP contribution is -2.42. The van der Waals surface area contributed by atoms with Crippen LogP contribution >= 0.6 is 11.6 Å². The number of carboxylic acids is 1. The maximum Gasteiger partial charge on any atom is 0.490 e. The minimum Gasteiger partial charge on any atom is -0.475 e. The van der Waals surface area contributed by atoms with E-state index in [1.54, 1.807) is 12.1 Å². The third-order valence-corrected chi connectivity index (χ3v) is 4.32. The number of likely N-dealkylation sites (tertiary alicyclic amines) is 1. The van der Waals surface area contributed by atoms with Crippen molar-refractivity contribution in [1.82, 2.24) is 4.90 Å². The normalized spacial score (nSPS) is 14.8. The van der Waals surface area contributed by atoms with Crippen molar-refractivity contribution in [1.29, 1.82) is 0 Å². The molecule has 1 aliphatic rings. The van der Waals surface area contributed by atoms with Crippen LogP contribution in [0.2, 0.25) is 5.02 Å². The standard InChI is InChI=1S/C16H17ClN2O2.C2HF3O2/c17-13-4-1-2-5-14(13)18-12-7-9-19(10-8-12)16(20)15-6-3-11-21-15;3-2(4,5)1(6)7/h1-6,11-12,18H,7-10H2;(H,6,7). The Hall–Kier alpha value is -2.68. The van der Waals surface area contributed by atoms with E-state index in [-0.39, 0.29) is 5.91 Å². The summed E-state index contributed by atoms with van der Waals surface area (Å²) in [5, 5.41) is 11.3. The molecule has 6 nitrogen and oxygen atoms in total. The lowest BCUT2D eigenvalue weighted by molar-refractivity contribution is -0.192. The Morgan fingerprint density at radius 3 is 2.25 bits per heavy atom. The smallest absolute Gasteiger partial charge is 0.475 e. The van der Waals surface area contributed by atoms with Crippen LogP contribution in [-0.2, 0) is 4.79 Å². The highest BCUT2D eigenvalue weighted by Crippen LogP contribution is 2.24. The van der Waals surface area contributed by atoms with Gasteiger partial charge in [-0.15, -0.1) is 0 Å². The average molecular weight is 419 g/mol. The van der Waals surface area contributed by atoms with E-state index in [0.29, 0.717) is 11.8 Å². The lowest BCUT2D eigenvalue weighted by atomic mass is 10.0. The fourth-order valence-electron chi connectivity index (χ4n) is 2.58. The van der Waals surface area contributed by atoms with E-state index >= 15 is 0 Å². The highest BCUT2D eigenvalue weighted by Gasteiger charge is 2.38. The van der Waals surface area contributed by atoms with Gasteiger partial charge in [0.2, 0.25) is 0 Å². The van der Waals surface area contributed by atoms with Crippen LogP contribution in [0.3, 0.4) is 0 Å². The Bertz CT molecular complexity index is 788. The van der Waals surface area contributed by atoms with Gasteiger partial charge in [0.05, 0.1) is 17.0 Å². The second-order valence-corrected chi connectivity index (χ2v) is 6.38. The van der Waals surface area contributed by atoms with Gasteiger partial charge in [-0.2, -0.15) is 13.2 Å². The van der Waals surface area contributed by atoms with Gasteiger partial charge in [-0.25, -0.2) is 4.79 Å². The number of para-hydroxylation sites is 1. The van der Waals surface area contributed by atoms with Gasteiger partial charge in [0.15, 0.2) is 5.76 Å². The number of carbonyl (C=O) groups excluding carboxylic acids is 1. The van der Waals surface area contributed by atoms with Gasteiger partial charge in [-0.3, -0.25) is 4.79 Å². The van der Waals surface area contributed by atoms with Crippen LogP contribution in [0.5, 0.6) is 0 Å². The number of amides is 1. The number of alkyl halides is 3. The first kappa shape index (κ1) is 21.6. The van der Waals surface area contributed by atoms with Crippen LogP contribution in [0, 0.1) is 0 Å². The summed E-state index contributed by atoms with van der Waals surface area (Å²) in [6, 6.07) is 11.5. The van der Waals surface area contributed by atoms with Gasteiger partial charge in [-0.05, 0) is 37.1 Å². The number of benzene rings is 1. The number of furan rings is 1. The number of carbonyl (C=O) groups is 2. The van der Waals surface area contributed by atoms with E-state index in [0.717, 1.165) is 36.6 Å². The predicted molar refractivity (Wildman–Crippen MR) is 96.4 cm³/mol. The Morgan fingerprint density at radius 1 is 1.14 bits per heavy atom. The third kappa shape index (κ3) is 6.19. The topological polar surface area (TPSA) is 82.8 Å². The van der Waals surface area contributed by atoms with Gasteiger partial charge in [-0.1, -0.05) is 23.7 Å². The molecule has 28 heavy (non-hydrogen) atoms. The van der Waals surface area contributed by atoms with E-state index in [4.69, 9.17) is 25.9 Å². The number of hydrogen-bond donors (Lipinski definition) is 2. The first-order valence-corrected chi connectivity index (χ1v) is 8.70. The number of carboxylic acid groups (broad SMARTS) is 1. The third-order valence-electron chi connectivity index (χ3n) is 3.99. The number of nitrogens with zero attached hydrogens (tertiary/aromatic N) is 1. The number of nitrogens with one attached hydrogen (secondary N) is 1. The largest absolute Gasteiger partial charge is 0.490 e. The molecular weight excluding hydrogens is 401 g/mol. The average Bonchev–Trinajstić information content (AvgIpc) is 3.18. The van der Waals surface area contributed by atoms with Gasteiger partial charge < -0.3 is 19.7 Å². The van der Waals surface area contributed by atoms with Crippen molar-refractivity contribution in [3.8, 4) is 0 Å². The number of anilines is 1. The van der Waals surface area contributed by atoms with Crippen LogP contribution in [0.15, 0.2) is 47.1 Å². The van der Waals surface area contributed by atoms with Crippen LogP contribution in [-0.4, -0.2) is 47.2 Å². The highest BCUT2D eigenvalue weighted by atomic mass is 35.5. The van der Waals surface area contributed by atoms with Crippen molar-refractivity contribution >= 4 is 29.2 Å². The molecule has 1 saturated heterocycles. The molecule has 0 spiro atoms. The summed E-state index contributed by atoms with van der Waals surface area (Å²) in [6.45, 7) is 1.45. The van der Waals surface area contributed by atoms with Crippen molar-refractivity contribution in [3.05, 3.63) is 53.4 Å². The zero-order chi connectivity index (χ0) is 20.7. The quantitative estimate of drug-likeness (QED) is 0.777. The maximum absolute atomic E-state index is 12.2. The maximum atomic E-state index is 12.2. The SMILES string of the molecule is O=C(O)C(F)(F)F.O=C(c1ccco1)N1CCC(Nc2ccccc2Cl)CC1. The van der Waals surface area contributed by atoms with E-state index in [9.17, 15) is 18.0 Å². The summed E-state index contributed by atoms with van der Waals surface area (Å²) in [5.74, 6) is -2.38. The van der Waals surface area contributed by atoms with Gasteiger partial charge in [0.1, 0.15) is 0 Å². The van der Waals surface area contributed by atoms with E-state index in [1.807, 2.05) is 29.2 Å². The zero-order valence-electron chi connectivity index (χ0n) is 14.6. The summed E-state index contributed by atoms with van der Waals surface area (Å²) in [6.07, 6.45) is -1.76. The molecule has 2 N–H and O–H groups in total. The second kappa shape index (κ2) is 9.50. The second-order valence-electron chi connectivity index (χ2n) is 5.97. The molecule has 1 fully saturated rings. The Labute approximate surface area is 163 Å². The number of hydrogen-bond acceptors (Lipinski definition) is 4. The fourth-order valence-corrected chi connectivity index (χ4v) is 2.77. The molecule has 1 aromatic heterocycles. The Balaban J connectivity index is 0.000000345. The Morgan fingerprint density at radius 2 is 1.75 bits per heavy atom. The van der Waals surface area contributed by atoms with Crippen molar-refractivity contribution in [2.24, 2.45) is 0 Å². The van der Waals surface area contributed by atoms with Gasteiger partial charge in [0, 0.05) is 19.1 Å². The van der Waals surface area contributed by atoms with Gasteiger partial charge >= 0.3 is 12.1 Å². The molecule has 2 heterocycles. The molecule has 1 aliphatic heterocycles. The van der Waals surface area contributed by atoms with E-state index in [1.165, 1.54) is 6.26 Å². The molecule has 3 rings (SSSR count). The molecule has 1 amide bonds. The first-order chi connectivity index (χ1) is 13.2. The number of piperidine rings is 1. The first-order valence-electron chi connectivity index (χ1n) is 8.32. The summed E-state index contributed by atoms with van der Waals surface area (Å²) < 4.78 is 36.9. The molecule has 152 valence electrons. The van der Waals surface area contributed by atoms with E-state index < -0.39 is 12.1 Å². The minimum atomic E-state index is -5.08. The molecule has 1 aromatic carbocycles. The molecule has 0 unspecified atom stereocenters. The van der Waals surface area contributed by atoms with Crippen LogP contribution in [0.1, 0.15) is 23.4 Å². The molecule has 0 bridgehead atoms. The molecular formula is C18H18ClF3N2O4. The fraction of sp³-hybridized carbons (Fsp3) is 0.333. The van der Waals surface area contributed by atoms with Crippen LogP contribution in [0.25, 0.3) is 0 Å². The summed E-state index contributed by atoms with van der Waals surface area (Å²) in [5.41, 5.74) is 0.954.